The second-order valence-electron chi connectivity index (χ2n) is 5.42. The third kappa shape index (κ3) is 4.35. The predicted molar refractivity (Wildman–Crippen MR) is 101 cm³/mol. The Labute approximate surface area is 160 Å². The maximum absolute atomic E-state index is 12.1. The summed E-state index contributed by atoms with van der Waals surface area (Å²) in [5.41, 5.74) is 0.694. The molecule has 0 aliphatic carbocycles. The van der Waals surface area contributed by atoms with Gasteiger partial charge < -0.3 is 18.6 Å². The zero-order valence-electron chi connectivity index (χ0n) is 15.0. The minimum Gasteiger partial charge on any atom is -0.493 e. The number of thiophene rings is 1. The number of ether oxygens (including phenoxy) is 3. The molecule has 0 N–H and O–H groups in total. The molecule has 0 saturated carbocycles. The van der Waals surface area contributed by atoms with Gasteiger partial charge in [0.15, 0.2) is 17.6 Å². The van der Waals surface area contributed by atoms with Crippen molar-refractivity contribution in [2.75, 3.05) is 14.2 Å². The topological polar surface area (TPSA) is 83.7 Å². The first kappa shape index (κ1) is 18.7. The molecule has 0 unspecified atom stereocenters. The van der Waals surface area contributed by atoms with Crippen molar-refractivity contribution in [2.45, 2.75) is 13.0 Å². The molecule has 3 aromatic rings. The highest BCUT2D eigenvalue weighted by Gasteiger charge is 2.18. The van der Waals surface area contributed by atoms with Gasteiger partial charge in [-0.3, -0.25) is 0 Å². The first-order valence-corrected chi connectivity index (χ1v) is 8.97. The third-order valence-electron chi connectivity index (χ3n) is 3.65. The molecule has 0 amide bonds. The normalized spacial score (nSPS) is 12.1. The average Bonchev–Trinajstić information content (AvgIpc) is 3.37. The van der Waals surface area contributed by atoms with Crippen molar-refractivity contribution in [3.8, 4) is 22.3 Å². The number of methoxy groups -OCH3 is 2. The van der Waals surface area contributed by atoms with E-state index in [1.165, 1.54) is 24.5 Å². The molecule has 0 radical (unpaired) electrons. The van der Waals surface area contributed by atoms with Crippen LogP contribution < -0.4 is 9.47 Å². The number of carbonyl (C=O) groups excluding carboxylic acids is 1. The van der Waals surface area contributed by atoms with Crippen LogP contribution in [-0.2, 0) is 9.53 Å². The minimum absolute atomic E-state index is 0.235. The van der Waals surface area contributed by atoms with E-state index in [-0.39, 0.29) is 5.89 Å². The summed E-state index contributed by atoms with van der Waals surface area (Å²) >= 11 is 1.49. The fraction of sp³-hybridized carbons (Fsp3) is 0.211. The number of para-hydroxylation sites is 1. The van der Waals surface area contributed by atoms with Crippen LogP contribution in [0.2, 0.25) is 0 Å². The molecular formula is C19H18N2O5S. The predicted octanol–water partition coefficient (Wildman–Crippen LogP) is 4.13. The summed E-state index contributed by atoms with van der Waals surface area (Å²) < 4.78 is 21.5. The molecule has 0 aliphatic heterocycles. The Bertz CT molecular complexity index is 933. The van der Waals surface area contributed by atoms with Crippen LogP contribution in [0.1, 0.15) is 24.5 Å². The van der Waals surface area contributed by atoms with Crippen molar-refractivity contribution in [1.29, 1.82) is 0 Å². The van der Waals surface area contributed by atoms with Gasteiger partial charge in [-0.1, -0.05) is 18.2 Å². The van der Waals surface area contributed by atoms with Gasteiger partial charge in [0.05, 0.1) is 19.1 Å². The van der Waals surface area contributed by atoms with Crippen molar-refractivity contribution in [3.63, 3.8) is 0 Å². The lowest BCUT2D eigenvalue weighted by atomic mass is 10.1. The van der Waals surface area contributed by atoms with Crippen LogP contribution >= 0.6 is 11.3 Å². The first-order valence-electron chi connectivity index (χ1n) is 8.09. The largest absolute Gasteiger partial charge is 0.493 e. The van der Waals surface area contributed by atoms with Crippen LogP contribution in [0.3, 0.4) is 0 Å². The lowest BCUT2D eigenvalue weighted by molar-refractivity contribution is -0.143. The minimum atomic E-state index is -0.671. The molecule has 2 heterocycles. The Hall–Kier alpha value is -3.13. The van der Waals surface area contributed by atoms with Crippen molar-refractivity contribution < 1.29 is 23.4 Å². The van der Waals surface area contributed by atoms with Gasteiger partial charge in [0.25, 0.3) is 11.8 Å². The van der Waals surface area contributed by atoms with Crippen LogP contribution in [0.4, 0.5) is 0 Å². The Kier molecular flexibility index (Phi) is 5.87. The fourth-order valence-electron chi connectivity index (χ4n) is 2.36. The Morgan fingerprint density at radius 2 is 2.04 bits per heavy atom. The molecule has 0 aliphatic rings. The second kappa shape index (κ2) is 8.50. The molecule has 8 heteroatoms. The van der Waals surface area contributed by atoms with Gasteiger partial charge in [-0.05, 0) is 30.5 Å². The van der Waals surface area contributed by atoms with E-state index in [0.29, 0.717) is 23.0 Å². The van der Waals surface area contributed by atoms with Gasteiger partial charge in [0.2, 0.25) is 0 Å². The van der Waals surface area contributed by atoms with Crippen LogP contribution in [0.15, 0.2) is 46.2 Å². The molecule has 0 spiro atoms. The van der Waals surface area contributed by atoms with Crippen LogP contribution in [-0.4, -0.2) is 30.4 Å². The number of hydrogen-bond acceptors (Lipinski definition) is 8. The molecule has 0 bridgehead atoms. The zero-order valence-corrected chi connectivity index (χ0v) is 15.9. The number of benzene rings is 1. The van der Waals surface area contributed by atoms with E-state index in [1.54, 1.807) is 38.3 Å². The highest BCUT2D eigenvalue weighted by atomic mass is 32.1. The molecule has 3 rings (SSSR count). The van der Waals surface area contributed by atoms with E-state index < -0.39 is 12.1 Å². The highest BCUT2D eigenvalue weighted by Crippen LogP contribution is 2.31. The van der Waals surface area contributed by atoms with Crippen molar-refractivity contribution in [3.05, 3.63) is 53.2 Å². The van der Waals surface area contributed by atoms with Crippen molar-refractivity contribution in [2.24, 2.45) is 0 Å². The molecule has 1 aromatic carbocycles. The van der Waals surface area contributed by atoms with Crippen LogP contribution in [0.5, 0.6) is 11.5 Å². The summed E-state index contributed by atoms with van der Waals surface area (Å²) in [7, 11) is 3.09. The molecule has 7 nitrogen and oxygen atoms in total. The average molecular weight is 386 g/mol. The van der Waals surface area contributed by atoms with E-state index in [4.69, 9.17) is 18.6 Å². The number of esters is 1. The maximum Gasteiger partial charge on any atom is 0.331 e. The van der Waals surface area contributed by atoms with E-state index in [9.17, 15) is 4.79 Å². The van der Waals surface area contributed by atoms with Gasteiger partial charge in [-0.25, -0.2) is 4.79 Å². The second-order valence-corrected chi connectivity index (χ2v) is 6.37. The number of rotatable bonds is 7. The molecule has 1 atom stereocenters. The summed E-state index contributed by atoms with van der Waals surface area (Å²) in [5.74, 6) is 1.21. The number of aromatic nitrogens is 2. The quantitative estimate of drug-likeness (QED) is 0.446. The zero-order chi connectivity index (χ0) is 19.2. The van der Waals surface area contributed by atoms with Crippen molar-refractivity contribution >= 4 is 23.4 Å². The number of carbonyl (C=O) groups is 1. The third-order valence-corrected chi connectivity index (χ3v) is 4.50. The summed E-state index contributed by atoms with van der Waals surface area (Å²) in [5, 5.41) is 9.84. The van der Waals surface area contributed by atoms with E-state index in [1.807, 2.05) is 17.5 Å². The van der Waals surface area contributed by atoms with Gasteiger partial charge in [0.1, 0.15) is 0 Å². The van der Waals surface area contributed by atoms with Gasteiger partial charge in [-0.15, -0.1) is 21.5 Å². The lowest BCUT2D eigenvalue weighted by Crippen LogP contribution is -2.06. The van der Waals surface area contributed by atoms with Gasteiger partial charge >= 0.3 is 5.97 Å². The van der Waals surface area contributed by atoms with Gasteiger partial charge in [-0.2, -0.15) is 0 Å². The van der Waals surface area contributed by atoms with Crippen LogP contribution in [0, 0.1) is 0 Å². The van der Waals surface area contributed by atoms with Crippen LogP contribution in [0.25, 0.3) is 16.8 Å². The number of nitrogens with zero attached hydrogens (tertiary/aromatic N) is 2. The standard InChI is InChI=1S/C19H18N2O5S/c1-12(18-20-21-19(26-18)15-8-5-11-27-15)25-16(22)10-9-13-6-4-7-14(23-2)17(13)24-3/h4-12H,1-3H3/b10-9+/t12-/m0/s1. The smallest absolute Gasteiger partial charge is 0.331 e. The summed E-state index contributed by atoms with van der Waals surface area (Å²) in [4.78, 5) is 13.0. The molecule has 2 aromatic heterocycles. The first-order chi connectivity index (χ1) is 13.1. The SMILES string of the molecule is COc1cccc(/C=C/C(=O)O[C@@H](C)c2nnc(-c3cccs3)o2)c1OC. The fourth-order valence-corrected chi connectivity index (χ4v) is 3.01. The lowest BCUT2D eigenvalue weighted by Gasteiger charge is -2.10. The molecular weight excluding hydrogens is 368 g/mol. The summed E-state index contributed by atoms with van der Waals surface area (Å²) in [6, 6.07) is 9.16. The van der Waals surface area contributed by atoms with E-state index >= 15 is 0 Å². The van der Waals surface area contributed by atoms with E-state index in [0.717, 1.165) is 4.88 Å². The monoisotopic (exact) mass is 386 g/mol. The highest BCUT2D eigenvalue weighted by molar-refractivity contribution is 7.13. The van der Waals surface area contributed by atoms with E-state index in [2.05, 4.69) is 10.2 Å². The van der Waals surface area contributed by atoms with Crippen molar-refractivity contribution in [1.82, 2.24) is 10.2 Å². The Morgan fingerprint density at radius 3 is 2.74 bits per heavy atom. The summed E-state index contributed by atoms with van der Waals surface area (Å²) in [6.07, 6.45) is 2.24. The molecule has 140 valence electrons. The summed E-state index contributed by atoms with van der Waals surface area (Å²) in [6.45, 7) is 1.67. The number of hydrogen-bond donors (Lipinski definition) is 0. The Morgan fingerprint density at radius 1 is 1.19 bits per heavy atom. The van der Waals surface area contributed by atoms with Gasteiger partial charge in [0, 0.05) is 11.6 Å². The molecule has 0 fully saturated rings. The maximum atomic E-state index is 12.1. The molecule has 0 saturated heterocycles. The molecule has 27 heavy (non-hydrogen) atoms. The Balaban J connectivity index is 1.66.